The minimum Gasteiger partial charge on any atom is -0.348 e. The Bertz CT molecular complexity index is 527. The number of methoxy groups -OCH3 is 2. The van der Waals surface area contributed by atoms with Gasteiger partial charge in [-0.2, -0.15) is 0 Å². The summed E-state index contributed by atoms with van der Waals surface area (Å²) in [7, 11) is 3.16. The van der Waals surface area contributed by atoms with E-state index in [2.05, 4.69) is 15.3 Å². The molecule has 0 bridgehead atoms. The van der Waals surface area contributed by atoms with Crippen LogP contribution in [-0.4, -0.2) is 24.2 Å². The van der Waals surface area contributed by atoms with Crippen LogP contribution in [0.3, 0.4) is 0 Å². The Morgan fingerprint density at radius 1 is 1.05 bits per heavy atom. The molecule has 0 aliphatic carbocycles. The molecule has 100 valence electrons. The van der Waals surface area contributed by atoms with Crippen LogP contribution in [0.25, 0.3) is 0 Å². The number of para-hydroxylation sites is 1. The molecule has 0 fully saturated rings. The topological polar surface area (TPSA) is 56.3 Å². The van der Waals surface area contributed by atoms with Crippen molar-refractivity contribution in [3.8, 4) is 0 Å². The third-order valence-electron chi connectivity index (χ3n) is 2.93. The third-order valence-corrected chi connectivity index (χ3v) is 2.93. The Balaban J connectivity index is 2.25. The van der Waals surface area contributed by atoms with E-state index in [0.29, 0.717) is 11.6 Å². The number of nitrogens with one attached hydrogen (secondary N) is 1. The van der Waals surface area contributed by atoms with Gasteiger partial charge in [0.25, 0.3) is 0 Å². The fourth-order valence-corrected chi connectivity index (χ4v) is 1.61. The summed E-state index contributed by atoms with van der Waals surface area (Å²) in [4.78, 5) is 8.59. The van der Waals surface area contributed by atoms with Gasteiger partial charge in [0.05, 0.1) is 0 Å². The second-order valence-electron chi connectivity index (χ2n) is 4.11. The lowest BCUT2D eigenvalue weighted by Gasteiger charge is -2.25. The number of aromatic nitrogens is 2. The Kier molecular flexibility index (Phi) is 4.09. The predicted molar refractivity (Wildman–Crippen MR) is 73.1 cm³/mol. The molecule has 0 spiro atoms. The van der Waals surface area contributed by atoms with Crippen molar-refractivity contribution in [2.24, 2.45) is 0 Å². The maximum absolute atomic E-state index is 5.34. The summed E-state index contributed by atoms with van der Waals surface area (Å²) >= 11 is 0. The molecule has 0 saturated carbocycles. The molecule has 0 unspecified atom stereocenters. The Morgan fingerprint density at radius 3 is 2.37 bits per heavy atom. The maximum Gasteiger partial charge on any atom is 0.227 e. The molecule has 5 heteroatoms. The molecule has 0 saturated heterocycles. The van der Waals surface area contributed by atoms with Crippen molar-refractivity contribution in [1.82, 2.24) is 9.97 Å². The first-order valence-electron chi connectivity index (χ1n) is 5.94. The van der Waals surface area contributed by atoms with Crippen molar-refractivity contribution in [3.05, 3.63) is 48.3 Å². The van der Waals surface area contributed by atoms with Crippen LogP contribution in [0, 0.1) is 0 Å². The highest BCUT2D eigenvalue weighted by atomic mass is 16.7. The summed E-state index contributed by atoms with van der Waals surface area (Å²) in [5, 5.41) is 3.13. The molecule has 19 heavy (non-hydrogen) atoms. The Labute approximate surface area is 112 Å². The highest BCUT2D eigenvalue weighted by Gasteiger charge is 2.27. The van der Waals surface area contributed by atoms with Crippen molar-refractivity contribution < 1.29 is 9.47 Å². The molecule has 0 atom stereocenters. The van der Waals surface area contributed by atoms with Crippen LogP contribution in [0.5, 0.6) is 0 Å². The van der Waals surface area contributed by atoms with Crippen molar-refractivity contribution in [2.75, 3.05) is 19.5 Å². The van der Waals surface area contributed by atoms with Crippen LogP contribution in [-0.2, 0) is 15.3 Å². The molecule has 0 aliphatic rings. The number of hydrogen-bond acceptors (Lipinski definition) is 5. The van der Waals surface area contributed by atoms with Gasteiger partial charge in [-0.1, -0.05) is 18.2 Å². The highest BCUT2D eigenvalue weighted by molar-refractivity contribution is 5.52. The zero-order valence-electron chi connectivity index (χ0n) is 11.3. The standard InChI is InChI=1S/C14H17N3O2/c1-14(18-2,19-3)12-9-10-15-13(17-12)16-11-7-5-4-6-8-11/h4-10H,1-3H3,(H,15,16,17). The number of ether oxygens (including phenoxy) is 2. The molecule has 1 N–H and O–H groups in total. The van der Waals surface area contributed by atoms with E-state index >= 15 is 0 Å². The van der Waals surface area contributed by atoms with Crippen molar-refractivity contribution in [2.45, 2.75) is 12.7 Å². The van der Waals surface area contributed by atoms with E-state index in [9.17, 15) is 0 Å². The lowest BCUT2D eigenvalue weighted by Crippen LogP contribution is -2.28. The summed E-state index contributed by atoms with van der Waals surface area (Å²) < 4.78 is 10.7. The van der Waals surface area contributed by atoms with E-state index in [-0.39, 0.29) is 0 Å². The van der Waals surface area contributed by atoms with Crippen LogP contribution in [0.15, 0.2) is 42.6 Å². The lowest BCUT2D eigenvalue weighted by molar-refractivity contribution is -0.204. The smallest absolute Gasteiger partial charge is 0.227 e. The fourth-order valence-electron chi connectivity index (χ4n) is 1.61. The number of hydrogen-bond donors (Lipinski definition) is 1. The minimum absolute atomic E-state index is 0.504. The first-order chi connectivity index (χ1) is 9.18. The van der Waals surface area contributed by atoms with Gasteiger partial charge < -0.3 is 14.8 Å². The van der Waals surface area contributed by atoms with Gasteiger partial charge in [0.1, 0.15) is 5.69 Å². The van der Waals surface area contributed by atoms with Gasteiger partial charge >= 0.3 is 0 Å². The van der Waals surface area contributed by atoms with E-state index in [1.54, 1.807) is 26.5 Å². The van der Waals surface area contributed by atoms with Crippen LogP contribution in [0.1, 0.15) is 12.6 Å². The summed E-state index contributed by atoms with van der Waals surface area (Å²) in [6.45, 7) is 1.81. The molecule has 0 radical (unpaired) electrons. The average molecular weight is 259 g/mol. The largest absolute Gasteiger partial charge is 0.348 e. The van der Waals surface area contributed by atoms with Crippen LogP contribution < -0.4 is 5.32 Å². The number of benzene rings is 1. The van der Waals surface area contributed by atoms with E-state index < -0.39 is 5.79 Å². The molecule has 0 aliphatic heterocycles. The van der Waals surface area contributed by atoms with Crippen LogP contribution in [0.2, 0.25) is 0 Å². The summed E-state index contributed by atoms with van der Waals surface area (Å²) in [6, 6.07) is 11.5. The Morgan fingerprint density at radius 2 is 1.74 bits per heavy atom. The predicted octanol–water partition coefficient (Wildman–Crippen LogP) is 2.69. The van der Waals surface area contributed by atoms with Crippen molar-refractivity contribution >= 4 is 11.6 Å². The van der Waals surface area contributed by atoms with Crippen molar-refractivity contribution in [3.63, 3.8) is 0 Å². The molecule has 2 rings (SSSR count). The summed E-state index contributed by atoms with van der Waals surface area (Å²) in [5.74, 6) is -0.375. The number of anilines is 2. The number of nitrogens with zero attached hydrogens (tertiary/aromatic N) is 2. The zero-order valence-corrected chi connectivity index (χ0v) is 11.3. The monoisotopic (exact) mass is 259 g/mol. The average Bonchev–Trinajstić information content (AvgIpc) is 2.48. The molecule has 2 aromatic rings. The second kappa shape index (κ2) is 5.77. The molecule has 1 heterocycles. The van der Waals surface area contributed by atoms with E-state index in [0.717, 1.165) is 5.69 Å². The third kappa shape index (κ3) is 3.07. The normalized spacial score (nSPS) is 11.3. The van der Waals surface area contributed by atoms with Crippen LogP contribution >= 0.6 is 0 Å². The Hall–Kier alpha value is -1.98. The van der Waals surface area contributed by atoms with Gasteiger partial charge in [-0.25, -0.2) is 9.97 Å². The minimum atomic E-state index is -0.879. The summed E-state index contributed by atoms with van der Waals surface area (Å²) in [6.07, 6.45) is 1.67. The van der Waals surface area contributed by atoms with Gasteiger partial charge in [-0.15, -0.1) is 0 Å². The number of rotatable bonds is 5. The first-order valence-corrected chi connectivity index (χ1v) is 5.94. The van der Waals surface area contributed by atoms with Gasteiger partial charge in [0.15, 0.2) is 0 Å². The van der Waals surface area contributed by atoms with Gasteiger partial charge in [0.2, 0.25) is 11.7 Å². The molecule has 1 aromatic heterocycles. The van der Waals surface area contributed by atoms with Gasteiger partial charge in [0, 0.05) is 26.1 Å². The maximum atomic E-state index is 5.34. The van der Waals surface area contributed by atoms with Crippen LogP contribution in [0.4, 0.5) is 11.6 Å². The van der Waals surface area contributed by atoms with E-state index in [4.69, 9.17) is 9.47 Å². The second-order valence-corrected chi connectivity index (χ2v) is 4.11. The molecular formula is C14H17N3O2. The SMILES string of the molecule is COC(C)(OC)c1ccnc(Nc2ccccc2)n1. The lowest BCUT2D eigenvalue weighted by atomic mass is 10.2. The molecular weight excluding hydrogens is 242 g/mol. The quantitative estimate of drug-likeness (QED) is 0.837. The molecule has 0 amide bonds. The summed E-state index contributed by atoms with van der Waals surface area (Å²) in [5.41, 5.74) is 1.59. The molecule has 5 nitrogen and oxygen atoms in total. The van der Waals surface area contributed by atoms with E-state index in [1.807, 2.05) is 37.3 Å². The van der Waals surface area contributed by atoms with E-state index in [1.165, 1.54) is 0 Å². The highest BCUT2D eigenvalue weighted by Crippen LogP contribution is 2.24. The van der Waals surface area contributed by atoms with Gasteiger partial charge in [-0.3, -0.25) is 0 Å². The first kappa shape index (κ1) is 13.5. The van der Waals surface area contributed by atoms with Gasteiger partial charge in [-0.05, 0) is 25.1 Å². The van der Waals surface area contributed by atoms with Crippen molar-refractivity contribution in [1.29, 1.82) is 0 Å². The zero-order chi connectivity index (χ0) is 13.7. The fraction of sp³-hybridized carbons (Fsp3) is 0.286. The molecule has 1 aromatic carbocycles.